The fourth-order valence-electron chi connectivity index (χ4n) is 1.17. The molecule has 0 aromatic carbocycles. The van der Waals surface area contributed by atoms with Crippen molar-refractivity contribution in [2.45, 2.75) is 26.1 Å². The van der Waals surface area contributed by atoms with E-state index in [9.17, 15) is 8.78 Å². The molecule has 1 aliphatic rings. The number of ether oxygens (including phenoxy) is 2. The fraction of sp³-hybridized carbons (Fsp3) is 0.444. The van der Waals surface area contributed by atoms with Gasteiger partial charge in [-0.1, -0.05) is 13.8 Å². The lowest BCUT2D eigenvalue weighted by atomic mass is 10.1. The molecular weight excluding hydrogens is 192 g/mol. The molecule has 76 valence electrons. The van der Waals surface area contributed by atoms with E-state index in [1.165, 1.54) is 12.3 Å². The second-order valence-electron chi connectivity index (χ2n) is 3.39. The highest BCUT2D eigenvalue weighted by atomic mass is 19.3. The molecule has 0 unspecified atom stereocenters. The highest BCUT2D eigenvalue weighted by Gasteiger charge is 2.44. The molecule has 1 aromatic rings. The van der Waals surface area contributed by atoms with Gasteiger partial charge in [0.1, 0.15) is 0 Å². The van der Waals surface area contributed by atoms with E-state index in [2.05, 4.69) is 14.5 Å². The third kappa shape index (κ3) is 1.49. The first-order valence-corrected chi connectivity index (χ1v) is 4.24. The van der Waals surface area contributed by atoms with Gasteiger partial charge in [0, 0.05) is 6.20 Å². The van der Waals surface area contributed by atoms with Crippen LogP contribution in [-0.2, 0) is 0 Å². The number of rotatable bonds is 1. The molecule has 1 aromatic heterocycles. The number of pyridine rings is 1. The van der Waals surface area contributed by atoms with E-state index in [1.54, 1.807) is 0 Å². The Morgan fingerprint density at radius 2 is 2.07 bits per heavy atom. The monoisotopic (exact) mass is 201 g/mol. The van der Waals surface area contributed by atoms with Gasteiger partial charge in [-0.2, -0.15) is 0 Å². The Hall–Kier alpha value is -1.39. The topological polar surface area (TPSA) is 31.4 Å². The van der Waals surface area contributed by atoms with Gasteiger partial charge in [-0.3, -0.25) is 0 Å². The maximum absolute atomic E-state index is 12.6. The Kier molecular flexibility index (Phi) is 1.83. The Morgan fingerprint density at radius 3 is 2.71 bits per heavy atom. The molecule has 0 bridgehead atoms. The summed E-state index contributed by atoms with van der Waals surface area (Å²) in [5.41, 5.74) is 0.838. The zero-order valence-electron chi connectivity index (χ0n) is 7.75. The predicted molar refractivity (Wildman–Crippen MR) is 44.5 cm³/mol. The lowest BCUT2D eigenvalue weighted by Gasteiger charge is -2.04. The molecule has 0 spiro atoms. The molecule has 3 nitrogen and oxygen atoms in total. The Bertz CT molecular complexity index is 366. The predicted octanol–water partition coefficient (Wildman–Crippen LogP) is 2.53. The van der Waals surface area contributed by atoms with Crippen molar-refractivity contribution in [3.8, 4) is 11.6 Å². The van der Waals surface area contributed by atoms with E-state index >= 15 is 0 Å². The average Bonchev–Trinajstić information content (AvgIpc) is 2.36. The third-order valence-corrected chi connectivity index (χ3v) is 1.95. The van der Waals surface area contributed by atoms with E-state index in [0.29, 0.717) is 0 Å². The van der Waals surface area contributed by atoms with Gasteiger partial charge >= 0.3 is 6.29 Å². The summed E-state index contributed by atoms with van der Waals surface area (Å²) in [6.07, 6.45) is -2.07. The van der Waals surface area contributed by atoms with E-state index in [1.807, 2.05) is 13.8 Å². The molecule has 0 atom stereocenters. The van der Waals surface area contributed by atoms with Gasteiger partial charge in [0.15, 0.2) is 5.75 Å². The molecule has 0 saturated carbocycles. The first-order chi connectivity index (χ1) is 6.48. The van der Waals surface area contributed by atoms with E-state index in [-0.39, 0.29) is 17.5 Å². The van der Waals surface area contributed by atoms with Crippen LogP contribution in [0.15, 0.2) is 12.3 Å². The van der Waals surface area contributed by atoms with Crippen LogP contribution in [0.4, 0.5) is 8.78 Å². The molecule has 0 saturated heterocycles. The summed E-state index contributed by atoms with van der Waals surface area (Å²) in [4.78, 5) is 3.75. The second-order valence-corrected chi connectivity index (χ2v) is 3.39. The molecule has 2 heterocycles. The largest absolute Gasteiger partial charge is 0.587 e. The maximum atomic E-state index is 12.6. The molecular formula is C9H9F2NO2. The Labute approximate surface area is 79.7 Å². The average molecular weight is 201 g/mol. The van der Waals surface area contributed by atoms with E-state index in [0.717, 1.165) is 5.56 Å². The highest BCUT2D eigenvalue weighted by Crippen LogP contribution is 2.40. The van der Waals surface area contributed by atoms with Crippen LogP contribution in [0.2, 0.25) is 0 Å². The lowest BCUT2D eigenvalue weighted by Crippen LogP contribution is -2.26. The minimum Gasteiger partial charge on any atom is -0.393 e. The van der Waals surface area contributed by atoms with Crippen molar-refractivity contribution in [3.05, 3.63) is 17.8 Å². The van der Waals surface area contributed by atoms with E-state index in [4.69, 9.17) is 0 Å². The Balaban J connectivity index is 2.36. The van der Waals surface area contributed by atoms with Crippen LogP contribution in [-0.4, -0.2) is 11.3 Å². The van der Waals surface area contributed by atoms with Crippen LogP contribution >= 0.6 is 0 Å². The standard InChI is InChI=1S/C9H9F2NO2/c1-5(2)6-3-7-8(12-4-6)14-9(10,11)13-7/h3-5H,1-2H3. The number of nitrogens with zero attached hydrogens (tertiary/aromatic N) is 1. The first-order valence-electron chi connectivity index (χ1n) is 4.24. The maximum Gasteiger partial charge on any atom is 0.587 e. The summed E-state index contributed by atoms with van der Waals surface area (Å²) in [5, 5.41) is 0. The number of fused-ring (bicyclic) bond motifs is 1. The first kappa shape index (κ1) is 9.18. The van der Waals surface area contributed by atoms with Crippen molar-refractivity contribution in [1.82, 2.24) is 4.98 Å². The van der Waals surface area contributed by atoms with Crippen molar-refractivity contribution < 1.29 is 18.3 Å². The van der Waals surface area contributed by atoms with Crippen LogP contribution in [0.1, 0.15) is 25.3 Å². The lowest BCUT2D eigenvalue weighted by molar-refractivity contribution is -0.287. The quantitative estimate of drug-likeness (QED) is 0.699. The molecule has 2 rings (SSSR count). The Morgan fingerprint density at radius 1 is 1.36 bits per heavy atom. The van der Waals surface area contributed by atoms with Crippen molar-refractivity contribution in [2.24, 2.45) is 0 Å². The molecule has 0 amide bonds. The van der Waals surface area contributed by atoms with Crippen molar-refractivity contribution >= 4 is 0 Å². The smallest absolute Gasteiger partial charge is 0.393 e. The summed E-state index contributed by atoms with van der Waals surface area (Å²) in [5.74, 6) is 0.0613. The molecule has 14 heavy (non-hydrogen) atoms. The molecule has 5 heteroatoms. The number of alkyl halides is 2. The second kappa shape index (κ2) is 2.80. The molecule has 0 fully saturated rings. The minimum absolute atomic E-state index is 0.00111. The summed E-state index contributed by atoms with van der Waals surface area (Å²) < 4.78 is 33.6. The fourth-order valence-corrected chi connectivity index (χ4v) is 1.17. The zero-order valence-corrected chi connectivity index (χ0v) is 7.75. The van der Waals surface area contributed by atoms with Gasteiger partial charge in [0.2, 0.25) is 0 Å². The van der Waals surface area contributed by atoms with Crippen LogP contribution < -0.4 is 9.47 Å². The van der Waals surface area contributed by atoms with Gasteiger partial charge in [0.25, 0.3) is 5.88 Å². The van der Waals surface area contributed by atoms with Gasteiger partial charge in [-0.15, -0.1) is 8.78 Å². The summed E-state index contributed by atoms with van der Waals surface area (Å²) in [7, 11) is 0. The van der Waals surface area contributed by atoms with Crippen LogP contribution in [0.3, 0.4) is 0 Å². The summed E-state index contributed by atoms with van der Waals surface area (Å²) >= 11 is 0. The van der Waals surface area contributed by atoms with Crippen molar-refractivity contribution in [3.63, 3.8) is 0 Å². The van der Waals surface area contributed by atoms with Gasteiger partial charge in [-0.25, -0.2) is 4.98 Å². The third-order valence-electron chi connectivity index (χ3n) is 1.95. The van der Waals surface area contributed by atoms with Crippen molar-refractivity contribution in [2.75, 3.05) is 0 Å². The van der Waals surface area contributed by atoms with Crippen LogP contribution in [0.5, 0.6) is 11.6 Å². The van der Waals surface area contributed by atoms with Gasteiger partial charge in [-0.05, 0) is 17.5 Å². The summed E-state index contributed by atoms with van der Waals surface area (Å²) in [6, 6.07) is 1.52. The highest BCUT2D eigenvalue weighted by molar-refractivity contribution is 5.39. The zero-order chi connectivity index (χ0) is 10.3. The number of hydrogen-bond donors (Lipinski definition) is 0. The molecule has 0 radical (unpaired) electrons. The van der Waals surface area contributed by atoms with Crippen LogP contribution in [0.25, 0.3) is 0 Å². The van der Waals surface area contributed by atoms with E-state index < -0.39 is 6.29 Å². The number of halogens is 2. The van der Waals surface area contributed by atoms with Gasteiger partial charge in [0.05, 0.1) is 0 Å². The molecule has 0 aliphatic carbocycles. The SMILES string of the molecule is CC(C)c1cnc2c(c1)OC(F)(F)O2. The van der Waals surface area contributed by atoms with Crippen LogP contribution in [0, 0.1) is 0 Å². The number of aromatic nitrogens is 1. The van der Waals surface area contributed by atoms with Gasteiger partial charge < -0.3 is 9.47 Å². The number of hydrogen-bond acceptors (Lipinski definition) is 3. The normalized spacial score (nSPS) is 17.5. The van der Waals surface area contributed by atoms with Crippen molar-refractivity contribution in [1.29, 1.82) is 0 Å². The molecule has 0 N–H and O–H groups in total. The summed E-state index contributed by atoms with van der Waals surface area (Å²) in [6.45, 7) is 3.88. The molecule has 1 aliphatic heterocycles. The minimum atomic E-state index is -3.58.